The molecule has 0 unspecified atom stereocenters. The molecule has 2 aromatic carbocycles. The molecule has 9 heteroatoms. The van der Waals surface area contributed by atoms with Crippen LogP contribution in [-0.4, -0.2) is 20.8 Å². The first-order valence-corrected chi connectivity index (χ1v) is 10.2. The first-order valence-electron chi connectivity index (χ1n) is 10.2. The molecule has 0 saturated carbocycles. The average molecular weight is 451 g/mol. The minimum absolute atomic E-state index is 0.251. The van der Waals surface area contributed by atoms with Crippen molar-refractivity contribution in [3.8, 4) is 22.4 Å². The number of hydrogen-bond acceptors (Lipinski definition) is 3. The highest BCUT2D eigenvalue weighted by Gasteiger charge is 2.30. The van der Waals surface area contributed by atoms with Gasteiger partial charge in [0, 0.05) is 47.6 Å². The van der Waals surface area contributed by atoms with Crippen LogP contribution in [0, 0.1) is 0 Å². The number of nitrogens with zero attached hydrogens (tertiary/aromatic N) is 3. The van der Waals surface area contributed by atoms with Crippen LogP contribution in [0.25, 0.3) is 22.4 Å². The first kappa shape index (κ1) is 22.1. The fraction of sp³-hybridized carbons (Fsp3) is 0.125. The third-order valence-corrected chi connectivity index (χ3v) is 4.94. The lowest BCUT2D eigenvalue weighted by Gasteiger charge is -2.11. The smallest absolute Gasteiger partial charge is 0.308 e. The zero-order chi connectivity index (χ0) is 23.4. The number of aromatic nitrogens is 3. The molecular formula is C24H20F3N5O. The van der Waals surface area contributed by atoms with E-state index in [4.69, 9.17) is 0 Å². The Balaban J connectivity index is 1.53. The number of urea groups is 1. The van der Waals surface area contributed by atoms with Crippen molar-refractivity contribution in [2.24, 2.45) is 0 Å². The number of anilines is 2. The van der Waals surface area contributed by atoms with E-state index in [-0.39, 0.29) is 5.69 Å². The third kappa shape index (κ3) is 5.20. The number of amides is 2. The molecule has 0 atom stereocenters. The van der Waals surface area contributed by atoms with Crippen molar-refractivity contribution in [2.45, 2.75) is 19.6 Å². The van der Waals surface area contributed by atoms with Gasteiger partial charge in [0.2, 0.25) is 0 Å². The monoisotopic (exact) mass is 451 g/mol. The molecule has 4 rings (SSSR count). The highest BCUT2D eigenvalue weighted by Crippen LogP contribution is 2.32. The number of rotatable bonds is 5. The fourth-order valence-electron chi connectivity index (χ4n) is 3.32. The molecule has 2 N–H and O–H groups in total. The summed E-state index contributed by atoms with van der Waals surface area (Å²) in [6, 6.07) is 14.7. The fourth-order valence-corrected chi connectivity index (χ4v) is 3.32. The van der Waals surface area contributed by atoms with Gasteiger partial charge in [-0.2, -0.15) is 18.3 Å². The van der Waals surface area contributed by atoms with E-state index in [9.17, 15) is 18.0 Å². The van der Waals surface area contributed by atoms with Gasteiger partial charge in [-0.3, -0.25) is 9.67 Å². The number of pyridine rings is 1. The molecule has 0 aliphatic rings. The normalized spacial score (nSPS) is 11.3. The van der Waals surface area contributed by atoms with Gasteiger partial charge in [0.15, 0.2) is 0 Å². The van der Waals surface area contributed by atoms with E-state index in [0.29, 0.717) is 12.2 Å². The molecule has 0 bridgehead atoms. The van der Waals surface area contributed by atoms with Crippen molar-refractivity contribution in [1.29, 1.82) is 0 Å². The van der Waals surface area contributed by atoms with E-state index in [1.54, 1.807) is 18.5 Å². The molecule has 0 saturated heterocycles. The van der Waals surface area contributed by atoms with Crippen molar-refractivity contribution in [3.05, 3.63) is 84.8 Å². The molecule has 0 aliphatic carbocycles. The Morgan fingerprint density at radius 1 is 0.939 bits per heavy atom. The number of aryl methyl sites for hydroxylation is 1. The number of hydrogen-bond donors (Lipinski definition) is 2. The van der Waals surface area contributed by atoms with Gasteiger partial charge in [-0.05, 0) is 61.0 Å². The summed E-state index contributed by atoms with van der Waals surface area (Å²) in [6.07, 6.45) is 0.917. The van der Waals surface area contributed by atoms with E-state index < -0.39 is 17.8 Å². The summed E-state index contributed by atoms with van der Waals surface area (Å²) in [4.78, 5) is 16.4. The summed E-state index contributed by atoms with van der Waals surface area (Å²) in [6.45, 7) is 2.70. The Hall–Kier alpha value is -4.14. The Kier molecular flexibility index (Phi) is 6.12. The molecule has 2 amide bonds. The van der Waals surface area contributed by atoms with E-state index in [2.05, 4.69) is 20.7 Å². The molecule has 6 nitrogen and oxygen atoms in total. The maximum atomic E-state index is 12.7. The Morgan fingerprint density at radius 2 is 1.64 bits per heavy atom. The highest BCUT2D eigenvalue weighted by atomic mass is 19.4. The molecule has 33 heavy (non-hydrogen) atoms. The second-order valence-electron chi connectivity index (χ2n) is 7.22. The van der Waals surface area contributed by atoms with Crippen molar-refractivity contribution < 1.29 is 18.0 Å². The summed E-state index contributed by atoms with van der Waals surface area (Å²) in [7, 11) is 0. The number of alkyl halides is 3. The van der Waals surface area contributed by atoms with Crippen molar-refractivity contribution >= 4 is 17.4 Å². The molecular weight excluding hydrogens is 431 g/mol. The van der Waals surface area contributed by atoms with Gasteiger partial charge in [-0.15, -0.1) is 0 Å². The van der Waals surface area contributed by atoms with E-state index in [1.165, 1.54) is 12.1 Å². The Morgan fingerprint density at radius 3 is 2.30 bits per heavy atom. The lowest BCUT2D eigenvalue weighted by Crippen LogP contribution is -2.19. The van der Waals surface area contributed by atoms with Gasteiger partial charge in [-0.25, -0.2) is 4.79 Å². The zero-order valence-corrected chi connectivity index (χ0v) is 17.6. The molecule has 4 aromatic rings. The van der Waals surface area contributed by atoms with Crippen LogP contribution < -0.4 is 10.6 Å². The topological polar surface area (TPSA) is 71.8 Å². The van der Waals surface area contributed by atoms with Crippen molar-refractivity contribution in [3.63, 3.8) is 0 Å². The summed E-state index contributed by atoms with van der Waals surface area (Å²) in [5, 5.41) is 9.91. The standard InChI is InChI=1S/C24H20F3N5O/c1-2-32-15-21(22(31-32)16-10-12-28-13-11-16)17-4-3-5-20(14-17)30-23(33)29-19-8-6-18(7-9-19)24(25,26)27/h3-15H,2H2,1H3,(H2,29,30,33). The van der Waals surface area contributed by atoms with Gasteiger partial charge in [0.05, 0.1) is 5.56 Å². The SMILES string of the molecule is CCn1cc(-c2cccc(NC(=O)Nc3ccc(C(F)(F)F)cc3)c2)c(-c2ccncc2)n1. The summed E-state index contributed by atoms with van der Waals surface area (Å²) in [5.41, 5.74) is 3.47. The average Bonchev–Trinajstić information content (AvgIpc) is 3.24. The lowest BCUT2D eigenvalue weighted by molar-refractivity contribution is -0.137. The van der Waals surface area contributed by atoms with Gasteiger partial charge in [-0.1, -0.05) is 12.1 Å². The summed E-state index contributed by atoms with van der Waals surface area (Å²) >= 11 is 0. The second-order valence-corrected chi connectivity index (χ2v) is 7.22. The molecule has 0 radical (unpaired) electrons. The van der Waals surface area contributed by atoms with Crippen LogP contribution in [0.15, 0.2) is 79.3 Å². The predicted octanol–water partition coefficient (Wildman–Crippen LogP) is 6.29. The Bertz CT molecular complexity index is 1250. The molecule has 168 valence electrons. The van der Waals surface area contributed by atoms with Crippen LogP contribution >= 0.6 is 0 Å². The first-order chi connectivity index (χ1) is 15.8. The number of benzene rings is 2. The minimum Gasteiger partial charge on any atom is -0.308 e. The van der Waals surface area contributed by atoms with Crippen LogP contribution in [0.1, 0.15) is 12.5 Å². The van der Waals surface area contributed by atoms with Crippen LogP contribution in [0.2, 0.25) is 0 Å². The number of halogens is 3. The number of nitrogens with one attached hydrogen (secondary N) is 2. The van der Waals surface area contributed by atoms with Crippen molar-refractivity contribution in [2.75, 3.05) is 10.6 Å². The van der Waals surface area contributed by atoms with Crippen LogP contribution in [0.5, 0.6) is 0 Å². The second kappa shape index (κ2) is 9.15. The van der Waals surface area contributed by atoms with Crippen LogP contribution in [-0.2, 0) is 12.7 Å². The van der Waals surface area contributed by atoms with Gasteiger partial charge in [0.1, 0.15) is 5.69 Å². The minimum atomic E-state index is -4.43. The lowest BCUT2D eigenvalue weighted by atomic mass is 10.0. The van der Waals surface area contributed by atoms with Gasteiger partial charge in [0.25, 0.3) is 0 Å². The molecule has 0 fully saturated rings. The Labute approximate surface area is 188 Å². The zero-order valence-electron chi connectivity index (χ0n) is 17.6. The largest absolute Gasteiger partial charge is 0.416 e. The molecule has 0 aliphatic heterocycles. The van der Waals surface area contributed by atoms with E-state index in [0.717, 1.165) is 34.5 Å². The quantitative estimate of drug-likeness (QED) is 0.374. The maximum absolute atomic E-state index is 12.7. The molecule has 0 spiro atoms. The van der Waals surface area contributed by atoms with Gasteiger partial charge >= 0.3 is 12.2 Å². The number of carbonyl (C=O) groups excluding carboxylic acids is 1. The van der Waals surface area contributed by atoms with Gasteiger partial charge < -0.3 is 10.6 Å². The summed E-state index contributed by atoms with van der Waals surface area (Å²) < 4.78 is 39.9. The van der Waals surface area contributed by atoms with Crippen LogP contribution in [0.3, 0.4) is 0 Å². The predicted molar refractivity (Wildman–Crippen MR) is 121 cm³/mol. The maximum Gasteiger partial charge on any atom is 0.416 e. The van der Waals surface area contributed by atoms with E-state index in [1.807, 2.05) is 48.1 Å². The highest BCUT2D eigenvalue weighted by molar-refractivity contribution is 6.00. The van der Waals surface area contributed by atoms with Crippen molar-refractivity contribution in [1.82, 2.24) is 14.8 Å². The summed E-state index contributed by atoms with van der Waals surface area (Å²) in [5.74, 6) is 0. The molecule has 2 aromatic heterocycles. The van der Waals surface area contributed by atoms with Crippen LogP contribution in [0.4, 0.5) is 29.3 Å². The van der Waals surface area contributed by atoms with E-state index >= 15 is 0 Å². The third-order valence-electron chi connectivity index (χ3n) is 4.94. The number of carbonyl (C=O) groups is 1. The molecule has 2 heterocycles.